The summed E-state index contributed by atoms with van der Waals surface area (Å²) in [6.07, 6.45) is 0. The van der Waals surface area contributed by atoms with Gasteiger partial charge in [0.1, 0.15) is 0 Å². The van der Waals surface area contributed by atoms with Gasteiger partial charge in [0.05, 0.1) is 0 Å². The van der Waals surface area contributed by atoms with Crippen molar-refractivity contribution in [3.05, 3.63) is 30.3 Å². The Morgan fingerprint density at radius 3 is 1.80 bits per heavy atom. The lowest BCUT2D eigenvalue weighted by atomic mass is 10.3. The molecule has 0 amide bonds. The van der Waals surface area contributed by atoms with Gasteiger partial charge in [-0.05, 0) is 12.1 Å². The van der Waals surface area contributed by atoms with Crippen molar-refractivity contribution in [2.24, 2.45) is 0 Å². The second-order valence-electron chi connectivity index (χ2n) is 2.23. The van der Waals surface area contributed by atoms with E-state index in [2.05, 4.69) is 17.0 Å². The average molecular weight is 135 g/mol. The quantitative estimate of drug-likeness (QED) is 0.571. The summed E-state index contributed by atoms with van der Waals surface area (Å²) in [5.74, 6) is 0. The molecule has 3 radical (unpaired) electrons. The normalized spacial score (nSPS) is 8.20. The molecule has 0 aliphatic heterocycles. The molecule has 0 aromatic heterocycles. The van der Waals surface area contributed by atoms with Gasteiger partial charge in [-0.1, -0.05) is 18.2 Å². The minimum atomic E-state index is 0. The van der Waals surface area contributed by atoms with E-state index < -0.39 is 0 Å². The van der Waals surface area contributed by atoms with Crippen LogP contribution in [-0.4, -0.2) is 14.1 Å². The van der Waals surface area contributed by atoms with E-state index in [0.29, 0.717) is 0 Å². The topological polar surface area (TPSA) is 33.7 Å². The fourth-order valence-corrected chi connectivity index (χ4v) is 0.726. The summed E-state index contributed by atoms with van der Waals surface area (Å²) in [5, 5.41) is 0. The molecule has 0 unspecified atom stereocenters. The Bertz CT molecular complexity index is 170. The van der Waals surface area contributed by atoms with Crippen LogP contribution in [0.1, 0.15) is 0 Å². The van der Waals surface area contributed by atoms with Crippen LogP contribution in [0.5, 0.6) is 0 Å². The van der Waals surface area contributed by atoms with Gasteiger partial charge in [-0.25, -0.2) is 0 Å². The van der Waals surface area contributed by atoms with E-state index in [-0.39, 0.29) is 6.15 Å². The van der Waals surface area contributed by atoms with Gasteiger partial charge in [0.25, 0.3) is 0 Å². The molecule has 0 N–H and O–H groups in total. The molecule has 0 saturated carbocycles. The maximum atomic E-state index is 2.08. The Balaban J connectivity index is 0.000000810. The average Bonchev–Trinajstić information content (AvgIpc) is 1.90. The van der Waals surface area contributed by atoms with Crippen LogP contribution in [-0.2, 0) is 0 Å². The lowest BCUT2D eigenvalue weighted by Gasteiger charge is -2.10. The largest absolute Gasteiger partial charge is 0.378 e. The van der Waals surface area contributed by atoms with Crippen molar-refractivity contribution < 1.29 is 0 Å². The smallest absolute Gasteiger partial charge is 0.0360 e. The standard InChI is InChI=1S/C8H11N.N/c1-9(2)8-6-4-3-5-7-8;/h3-7H,1-2H3;. The van der Waals surface area contributed by atoms with E-state index in [1.807, 2.05) is 32.3 Å². The van der Waals surface area contributed by atoms with Crippen LogP contribution in [0.15, 0.2) is 30.3 Å². The summed E-state index contributed by atoms with van der Waals surface area (Å²) in [7, 11) is 4.07. The Labute approximate surface area is 62.1 Å². The number of hydrogen-bond acceptors (Lipinski definition) is 1. The zero-order chi connectivity index (χ0) is 6.69. The van der Waals surface area contributed by atoms with Gasteiger partial charge >= 0.3 is 0 Å². The second kappa shape index (κ2) is 3.90. The molecule has 0 bridgehead atoms. The highest BCUT2D eigenvalue weighted by molar-refractivity contribution is 5.43. The molecule has 0 fully saturated rings. The SMILES string of the molecule is CN(C)c1ccccc1.[N]. The van der Waals surface area contributed by atoms with Crippen molar-refractivity contribution in [2.45, 2.75) is 0 Å². The molecule has 1 aromatic carbocycles. The van der Waals surface area contributed by atoms with Crippen molar-refractivity contribution >= 4 is 5.69 Å². The summed E-state index contributed by atoms with van der Waals surface area (Å²) < 4.78 is 0. The molecule has 1 aromatic rings. The van der Waals surface area contributed by atoms with Gasteiger partial charge in [0, 0.05) is 25.9 Å². The number of para-hydroxylation sites is 1. The lowest BCUT2D eigenvalue weighted by molar-refractivity contribution is 1.13. The van der Waals surface area contributed by atoms with Crippen LogP contribution < -0.4 is 11.1 Å². The van der Waals surface area contributed by atoms with Crippen LogP contribution in [0.2, 0.25) is 0 Å². The van der Waals surface area contributed by atoms with Gasteiger partial charge in [-0.2, -0.15) is 0 Å². The van der Waals surface area contributed by atoms with Crippen molar-refractivity contribution in [1.82, 2.24) is 6.15 Å². The van der Waals surface area contributed by atoms with E-state index in [0.717, 1.165) is 0 Å². The Hall–Kier alpha value is -1.02. The highest BCUT2D eigenvalue weighted by Crippen LogP contribution is 2.07. The summed E-state index contributed by atoms with van der Waals surface area (Å²) in [6.45, 7) is 0. The molecule has 0 aliphatic carbocycles. The maximum absolute atomic E-state index is 2.08. The van der Waals surface area contributed by atoms with Gasteiger partial charge in [0.2, 0.25) is 0 Å². The Morgan fingerprint density at radius 2 is 1.50 bits per heavy atom. The predicted octanol–water partition coefficient (Wildman–Crippen LogP) is 1.27. The lowest BCUT2D eigenvalue weighted by Crippen LogP contribution is -2.07. The monoisotopic (exact) mass is 135 g/mol. The van der Waals surface area contributed by atoms with Crippen LogP contribution in [0.3, 0.4) is 0 Å². The first kappa shape index (κ1) is 8.98. The van der Waals surface area contributed by atoms with Gasteiger partial charge in [0.15, 0.2) is 0 Å². The van der Waals surface area contributed by atoms with E-state index in [4.69, 9.17) is 0 Å². The van der Waals surface area contributed by atoms with Crippen LogP contribution in [0, 0.1) is 0 Å². The van der Waals surface area contributed by atoms with Crippen LogP contribution >= 0.6 is 0 Å². The molecule has 0 atom stereocenters. The van der Waals surface area contributed by atoms with E-state index >= 15 is 0 Å². The van der Waals surface area contributed by atoms with Gasteiger partial charge in [-0.15, -0.1) is 0 Å². The minimum Gasteiger partial charge on any atom is -0.378 e. The highest BCUT2D eigenvalue weighted by Gasteiger charge is 1.87. The van der Waals surface area contributed by atoms with Gasteiger partial charge in [-0.3, -0.25) is 0 Å². The molecular formula is C8H11N2. The maximum Gasteiger partial charge on any atom is 0.0360 e. The molecule has 2 heteroatoms. The van der Waals surface area contributed by atoms with E-state index in [1.54, 1.807) is 0 Å². The summed E-state index contributed by atoms with van der Waals surface area (Å²) in [6, 6.07) is 10.3. The summed E-state index contributed by atoms with van der Waals surface area (Å²) in [4.78, 5) is 2.08. The molecule has 0 heterocycles. The number of hydrogen-bond donors (Lipinski definition) is 0. The molecule has 10 heavy (non-hydrogen) atoms. The number of rotatable bonds is 1. The van der Waals surface area contributed by atoms with Crippen molar-refractivity contribution in [2.75, 3.05) is 19.0 Å². The van der Waals surface area contributed by atoms with E-state index in [1.165, 1.54) is 5.69 Å². The zero-order valence-electron chi connectivity index (χ0n) is 6.28. The molecule has 0 aliphatic rings. The Kier molecular flexibility index (Phi) is 3.51. The van der Waals surface area contributed by atoms with Crippen molar-refractivity contribution in [3.8, 4) is 0 Å². The molecular weight excluding hydrogens is 124 g/mol. The zero-order valence-corrected chi connectivity index (χ0v) is 6.28. The fraction of sp³-hybridized carbons (Fsp3) is 0.250. The fourth-order valence-electron chi connectivity index (χ4n) is 0.726. The van der Waals surface area contributed by atoms with Crippen LogP contribution in [0.4, 0.5) is 5.69 Å². The first-order chi connectivity index (χ1) is 4.30. The first-order valence-corrected chi connectivity index (χ1v) is 3.03. The molecule has 1 rings (SSSR count). The third-order valence-electron chi connectivity index (χ3n) is 1.27. The second-order valence-corrected chi connectivity index (χ2v) is 2.23. The summed E-state index contributed by atoms with van der Waals surface area (Å²) >= 11 is 0. The Morgan fingerprint density at radius 1 is 1.00 bits per heavy atom. The number of benzene rings is 1. The number of anilines is 1. The van der Waals surface area contributed by atoms with Crippen LogP contribution in [0.25, 0.3) is 0 Å². The molecule has 0 saturated heterocycles. The third-order valence-corrected chi connectivity index (χ3v) is 1.27. The first-order valence-electron chi connectivity index (χ1n) is 3.03. The molecule has 2 nitrogen and oxygen atoms in total. The highest BCUT2D eigenvalue weighted by atomic mass is 15.1. The third kappa shape index (κ3) is 2.07. The molecule has 0 spiro atoms. The number of nitrogens with zero attached hydrogens (tertiary/aromatic N) is 2. The predicted molar refractivity (Wildman–Crippen MR) is 42.9 cm³/mol. The van der Waals surface area contributed by atoms with Crippen molar-refractivity contribution in [3.63, 3.8) is 0 Å². The van der Waals surface area contributed by atoms with Crippen molar-refractivity contribution in [1.29, 1.82) is 0 Å². The minimum absolute atomic E-state index is 0. The van der Waals surface area contributed by atoms with Gasteiger partial charge < -0.3 is 4.90 Å². The summed E-state index contributed by atoms with van der Waals surface area (Å²) in [5.41, 5.74) is 1.25. The molecule has 53 valence electrons. The van der Waals surface area contributed by atoms with E-state index in [9.17, 15) is 0 Å².